The number of allylic oxidation sites excluding steroid dienone is 1. The van der Waals surface area contributed by atoms with Gasteiger partial charge in [0.25, 0.3) is 5.91 Å². The summed E-state index contributed by atoms with van der Waals surface area (Å²) in [6.07, 6.45) is 3.68. The molecule has 190 valence electrons. The minimum Gasteiger partial charge on any atom is -0.503 e. The fraction of sp³-hybridized carbons (Fsp3) is 0.333. The molecular weight excluding hydrogens is 528 g/mol. The van der Waals surface area contributed by atoms with Crippen LogP contribution in [-0.4, -0.2) is 78.2 Å². The summed E-state index contributed by atoms with van der Waals surface area (Å²) >= 11 is 3.33. The second kappa shape index (κ2) is 11.7. The van der Waals surface area contributed by atoms with Gasteiger partial charge in [0.05, 0.1) is 36.4 Å². The molecular formula is C27H29BrN2O6. The molecule has 0 bridgehead atoms. The Hall–Kier alpha value is -3.14. The third-order valence-corrected chi connectivity index (χ3v) is 6.96. The van der Waals surface area contributed by atoms with E-state index in [1.807, 2.05) is 30.3 Å². The number of phenols is 1. The van der Waals surface area contributed by atoms with Crippen LogP contribution in [0, 0.1) is 0 Å². The summed E-state index contributed by atoms with van der Waals surface area (Å²) in [5.74, 6) is -1.51. The summed E-state index contributed by atoms with van der Waals surface area (Å²) in [4.78, 5) is 30.3. The Morgan fingerprint density at radius 3 is 2.58 bits per heavy atom. The van der Waals surface area contributed by atoms with Gasteiger partial charge in [0.1, 0.15) is 0 Å². The number of amides is 1. The van der Waals surface area contributed by atoms with Crippen LogP contribution in [0.15, 0.2) is 64.3 Å². The van der Waals surface area contributed by atoms with E-state index in [9.17, 15) is 19.8 Å². The number of carbonyl (C=O) groups is 2. The van der Waals surface area contributed by atoms with E-state index in [4.69, 9.17) is 9.47 Å². The van der Waals surface area contributed by atoms with Crippen molar-refractivity contribution < 1.29 is 29.3 Å². The number of nitrogens with zero attached hydrogens (tertiary/aromatic N) is 2. The summed E-state index contributed by atoms with van der Waals surface area (Å²) in [7, 11) is 1.42. The average Bonchev–Trinajstić information content (AvgIpc) is 3.15. The molecule has 2 aromatic carbocycles. The zero-order valence-corrected chi connectivity index (χ0v) is 21.6. The van der Waals surface area contributed by atoms with Crippen LogP contribution in [0.25, 0.3) is 6.08 Å². The molecule has 2 aromatic rings. The standard InChI is InChI=1S/C27H29BrN2O6/c1-35-22-17-19(16-20(28)25(22)32)24-23(21(31)9-8-18-6-3-2-4-7-18)26(33)27(34)30(24)11-5-10-29-12-14-36-15-13-29/h2-4,6-9,16-17,24,32-33H,5,10-15H2,1H3. The van der Waals surface area contributed by atoms with Crippen LogP contribution in [-0.2, 0) is 14.3 Å². The highest BCUT2D eigenvalue weighted by Gasteiger charge is 2.43. The summed E-state index contributed by atoms with van der Waals surface area (Å²) in [6, 6.07) is 11.7. The summed E-state index contributed by atoms with van der Waals surface area (Å²) in [5, 5.41) is 21.1. The molecule has 2 aliphatic heterocycles. The number of benzene rings is 2. The highest BCUT2D eigenvalue weighted by atomic mass is 79.9. The normalized spacial score (nSPS) is 18.9. The molecule has 1 amide bonds. The molecule has 1 saturated heterocycles. The van der Waals surface area contributed by atoms with Gasteiger partial charge in [-0.1, -0.05) is 36.4 Å². The van der Waals surface area contributed by atoms with Crippen molar-refractivity contribution >= 4 is 33.7 Å². The molecule has 8 nitrogen and oxygen atoms in total. The first-order valence-corrected chi connectivity index (χ1v) is 12.6. The Balaban J connectivity index is 1.65. The molecule has 1 unspecified atom stereocenters. The monoisotopic (exact) mass is 556 g/mol. The fourth-order valence-electron chi connectivity index (χ4n) is 4.51. The predicted molar refractivity (Wildman–Crippen MR) is 139 cm³/mol. The number of hydrogen-bond donors (Lipinski definition) is 2. The molecule has 9 heteroatoms. The number of phenolic OH excluding ortho intramolecular Hbond substituents is 1. The maximum atomic E-state index is 13.3. The van der Waals surface area contributed by atoms with E-state index in [1.54, 1.807) is 18.2 Å². The molecule has 36 heavy (non-hydrogen) atoms. The molecule has 4 rings (SSSR count). The number of aromatic hydroxyl groups is 1. The van der Waals surface area contributed by atoms with E-state index in [0.717, 1.165) is 25.2 Å². The number of carbonyl (C=O) groups excluding carboxylic acids is 2. The summed E-state index contributed by atoms with van der Waals surface area (Å²) in [6.45, 7) is 4.13. The van der Waals surface area contributed by atoms with E-state index < -0.39 is 23.5 Å². The molecule has 1 atom stereocenters. The van der Waals surface area contributed by atoms with Gasteiger partial charge in [0.2, 0.25) is 0 Å². The van der Waals surface area contributed by atoms with Crippen LogP contribution in [0.5, 0.6) is 11.5 Å². The zero-order chi connectivity index (χ0) is 25.7. The van der Waals surface area contributed by atoms with Crippen LogP contribution in [0.2, 0.25) is 0 Å². The maximum Gasteiger partial charge on any atom is 0.290 e. The number of aliphatic hydroxyl groups is 1. The highest BCUT2D eigenvalue weighted by molar-refractivity contribution is 9.10. The topological polar surface area (TPSA) is 99.5 Å². The van der Waals surface area contributed by atoms with Crippen molar-refractivity contribution in [1.82, 2.24) is 9.80 Å². The first-order valence-electron chi connectivity index (χ1n) is 11.8. The van der Waals surface area contributed by atoms with E-state index in [1.165, 1.54) is 18.1 Å². The Morgan fingerprint density at radius 1 is 1.17 bits per heavy atom. The van der Waals surface area contributed by atoms with Crippen molar-refractivity contribution in [2.75, 3.05) is 46.5 Å². The van der Waals surface area contributed by atoms with Crippen molar-refractivity contribution in [3.05, 3.63) is 75.5 Å². The van der Waals surface area contributed by atoms with Crippen LogP contribution in [0.3, 0.4) is 0 Å². The maximum absolute atomic E-state index is 13.3. The number of aliphatic hydroxyl groups excluding tert-OH is 1. The Morgan fingerprint density at radius 2 is 1.89 bits per heavy atom. The fourth-order valence-corrected chi connectivity index (χ4v) is 4.96. The Labute approximate surface area is 218 Å². The summed E-state index contributed by atoms with van der Waals surface area (Å²) < 4.78 is 11.1. The van der Waals surface area contributed by atoms with Crippen LogP contribution in [0.1, 0.15) is 23.6 Å². The number of ether oxygens (including phenoxy) is 2. The van der Waals surface area contributed by atoms with E-state index >= 15 is 0 Å². The number of methoxy groups -OCH3 is 1. The molecule has 2 aliphatic rings. The lowest BCUT2D eigenvalue weighted by molar-refractivity contribution is -0.129. The minimum atomic E-state index is -0.832. The number of morpholine rings is 1. The largest absolute Gasteiger partial charge is 0.503 e. The van der Waals surface area contributed by atoms with Gasteiger partial charge in [0, 0.05) is 26.2 Å². The van der Waals surface area contributed by atoms with Gasteiger partial charge in [-0.2, -0.15) is 0 Å². The van der Waals surface area contributed by atoms with E-state index in [0.29, 0.717) is 36.2 Å². The molecule has 0 spiro atoms. The van der Waals surface area contributed by atoms with Crippen LogP contribution in [0.4, 0.5) is 0 Å². The first kappa shape index (κ1) is 25.9. The van der Waals surface area contributed by atoms with Gasteiger partial charge in [-0.05, 0) is 51.7 Å². The van der Waals surface area contributed by atoms with Crippen LogP contribution < -0.4 is 4.74 Å². The molecule has 0 aromatic heterocycles. The third-order valence-electron chi connectivity index (χ3n) is 6.36. The molecule has 0 aliphatic carbocycles. The van der Waals surface area contributed by atoms with E-state index in [-0.39, 0.29) is 17.1 Å². The minimum absolute atomic E-state index is 0.00167. The SMILES string of the molecule is COc1cc(C2C(C(=O)C=Cc3ccccc3)=C(O)C(=O)N2CCCN2CCOCC2)cc(Br)c1O. The second-order valence-corrected chi connectivity index (χ2v) is 9.49. The smallest absolute Gasteiger partial charge is 0.290 e. The predicted octanol–water partition coefficient (Wildman–Crippen LogP) is 3.86. The number of hydrogen-bond acceptors (Lipinski definition) is 7. The number of halogens is 1. The molecule has 1 fully saturated rings. The molecule has 2 heterocycles. The van der Waals surface area contributed by atoms with Crippen molar-refractivity contribution in [3.8, 4) is 11.5 Å². The number of rotatable bonds is 9. The van der Waals surface area contributed by atoms with Crippen molar-refractivity contribution in [3.63, 3.8) is 0 Å². The molecule has 0 radical (unpaired) electrons. The van der Waals surface area contributed by atoms with Crippen LogP contribution >= 0.6 is 15.9 Å². The Bertz CT molecular complexity index is 1170. The molecule has 2 N–H and O–H groups in total. The van der Waals surface area contributed by atoms with Gasteiger partial charge in [-0.15, -0.1) is 0 Å². The second-order valence-electron chi connectivity index (χ2n) is 8.63. The lowest BCUT2D eigenvalue weighted by Crippen LogP contribution is -2.39. The lowest BCUT2D eigenvalue weighted by Gasteiger charge is -2.30. The Kier molecular flexibility index (Phi) is 8.45. The van der Waals surface area contributed by atoms with Gasteiger partial charge >= 0.3 is 0 Å². The first-order chi connectivity index (χ1) is 17.4. The van der Waals surface area contributed by atoms with Gasteiger partial charge in [-0.25, -0.2) is 0 Å². The highest BCUT2D eigenvalue weighted by Crippen LogP contribution is 2.43. The lowest BCUT2D eigenvalue weighted by atomic mass is 9.95. The van der Waals surface area contributed by atoms with E-state index in [2.05, 4.69) is 20.8 Å². The number of ketones is 1. The third kappa shape index (κ3) is 5.64. The van der Waals surface area contributed by atoms with Crippen molar-refractivity contribution in [2.24, 2.45) is 0 Å². The van der Waals surface area contributed by atoms with Crippen molar-refractivity contribution in [1.29, 1.82) is 0 Å². The van der Waals surface area contributed by atoms with Gasteiger partial charge < -0.3 is 24.6 Å². The average molecular weight is 557 g/mol. The quantitative estimate of drug-likeness (QED) is 0.452. The molecule has 0 saturated carbocycles. The van der Waals surface area contributed by atoms with Gasteiger partial charge in [0.15, 0.2) is 23.0 Å². The summed E-state index contributed by atoms with van der Waals surface area (Å²) in [5.41, 5.74) is 1.36. The van der Waals surface area contributed by atoms with Crippen molar-refractivity contribution in [2.45, 2.75) is 12.5 Å². The van der Waals surface area contributed by atoms with Gasteiger partial charge in [-0.3, -0.25) is 14.5 Å². The zero-order valence-electron chi connectivity index (χ0n) is 20.0.